The zero-order valence-corrected chi connectivity index (χ0v) is 12.5. The van der Waals surface area contributed by atoms with E-state index in [9.17, 15) is 15.0 Å². The van der Waals surface area contributed by atoms with E-state index in [2.05, 4.69) is 15.2 Å². The Hall–Kier alpha value is -3.54. The fraction of sp³-hybridized carbons (Fsp3) is 0. The van der Waals surface area contributed by atoms with Gasteiger partial charge in [-0.05, 0) is 36.4 Å². The molecule has 0 unspecified atom stereocenters. The zero-order valence-electron chi connectivity index (χ0n) is 12.5. The number of carboxylic acid groups (broad SMARTS) is 1. The number of pyridine rings is 1. The first-order chi connectivity index (χ1) is 11.7. The van der Waals surface area contributed by atoms with E-state index in [1.807, 2.05) is 18.2 Å². The van der Waals surface area contributed by atoms with Gasteiger partial charge in [-0.25, -0.2) is 4.79 Å². The zero-order chi connectivity index (χ0) is 16.9. The third kappa shape index (κ3) is 3.12. The van der Waals surface area contributed by atoms with Crippen molar-refractivity contribution in [2.75, 3.05) is 0 Å². The maximum Gasteiger partial charge on any atom is 0.339 e. The first-order valence-corrected chi connectivity index (χ1v) is 7.14. The van der Waals surface area contributed by atoms with Crippen molar-refractivity contribution < 1.29 is 15.0 Å². The van der Waals surface area contributed by atoms with Gasteiger partial charge in [-0.1, -0.05) is 24.3 Å². The standard InChI is InChI=1S/C18H13N3O3/c22-17-14(18(23)24)10-9-13(15-8-4-5-11-19-15)16(17)21-20-12-6-2-1-3-7-12/h1-11,22H,(H,23,24). The number of aromatic carboxylic acids is 1. The van der Waals surface area contributed by atoms with Crippen molar-refractivity contribution in [3.8, 4) is 17.0 Å². The largest absolute Gasteiger partial charge is 0.505 e. The third-order valence-corrected chi connectivity index (χ3v) is 3.34. The highest BCUT2D eigenvalue weighted by Crippen LogP contribution is 2.40. The summed E-state index contributed by atoms with van der Waals surface area (Å²) >= 11 is 0. The fourth-order valence-electron chi connectivity index (χ4n) is 2.18. The molecule has 0 aliphatic carbocycles. The minimum absolute atomic E-state index is 0.0671. The number of nitrogens with zero attached hydrogens (tertiary/aromatic N) is 3. The summed E-state index contributed by atoms with van der Waals surface area (Å²) in [6.45, 7) is 0. The molecule has 0 radical (unpaired) electrons. The van der Waals surface area contributed by atoms with Crippen molar-refractivity contribution in [1.29, 1.82) is 0 Å². The molecule has 118 valence electrons. The van der Waals surface area contributed by atoms with E-state index in [0.717, 1.165) is 0 Å². The number of rotatable bonds is 4. The van der Waals surface area contributed by atoms with Gasteiger partial charge >= 0.3 is 5.97 Å². The quantitative estimate of drug-likeness (QED) is 0.689. The summed E-state index contributed by atoms with van der Waals surface area (Å²) in [5.74, 6) is -1.68. The molecule has 1 aromatic heterocycles. The van der Waals surface area contributed by atoms with E-state index in [1.54, 1.807) is 42.6 Å². The second kappa shape index (κ2) is 6.70. The number of benzene rings is 2. The van der Waals surface area contributed by atoms with Crippen LogP contribution in [0, 0.1) is 0 Å². The average Bonchev–Trinajstić information content (AvgIpc) is 2.61. The van der Waals surface area contributed by atoms with Crippen LogP contribution in [-0.2, 0) is 0 Å². The summed E-state index contributed by atoms with van der Waals surface area (Å²) in [5, 5.41) is 27.6. The van der Waals surface area contributed by atoms with Gasteiger partial charge in [-0.15, -0.1) is 5.11 Å². The van der Waals surface area contributed by atoms with Crippen molar-refractivity contribution in [3.63, 3.8) is 0 Å². The van der Waals surface area contributed by atoms with E-state index in [0.29, 0.717) is 16.9 Å². The van der Waals surface area contributed by atoms with Gasteiger partial charge in [0.05, 0.1) is 11.4 Å². The predicted octanol–water partition coefficient (Wildman–Crippen LogP) is 4.57. The average molecular weight is 319 g/mol. The van der Waals surface area contributed by atoms with Gasteiger partial charge in [-0.3, -0.25) is 4.98 Å². The van der Waals surface area contributed by atoms with Crippen LogP contribution in [0.1, 0.15) is 10.4 Å². The lowest BCUT2D eigenvalue weighted by Gasteiger charge is -2.08. The molecule has 0 fully saturated rings. The van der Waals surface area contributed by atoms with E-state index in [4.69, 9.17) is 0 Å². The van der Waals surface area contributed by atoms with Crippen LogP contribution in [0.2, 0.25) is 0 Å². The first kappa shape index (κ1) is 15.4. The first-order valence-electron chi connectivity index (χ1n) is 7.14. The number of carboxylic acids is 1. The molecule has 2 aromatic carbocycles. The Morgan fingerprint density at radius 2 is 1.67 bits per heavy atom. The summed E-state index contributed by atoms with van der Waals surface area (Å²) in [6.07, 6.45) is 1.61. The topological polar surface area (TPSA) is 95.1 Å². The van der Waals surface area contributed by atoms with Gasteiger partial charge in [0.2, 0.25) is 0 Å². The van der Waals surface area contributed by atoms with Crippen LogP contribution in [0.3, 0.4) is 0 Å². The van der Waals surface area contributed by atoms with Crippen LogP contribution in [0.15, 0.2) is 77.1 Å². The SMILES string of the molecule is O=C(O)c1ccc(-c2ccccn2)c(N=Nc2ccccc2)c1O. The summed E-state index contributed by atoms with van der Waals surface area (Å²) in [7, 11) is 0. The normalized spacial score (nSPS) is 10.8. The molecular formula is C18H13N3O3. The van der Waals surface area contributed by atoms with Crippen molar-refractivity contribution in [2.45, 2.75) is 0 Å². The van der Waals surface area contributed by atoms with Crippen LogP contribution in [0.25, 0.3) is 11.3 Å². The van der Waals surface area contributed by atoms with E-state index >= 15 is 0 Å². The Morgan fingerprint density at radius 1 is 0.917 bits per heavy atom. The number of hydrogen-bond donors (Lipinski definition) is 2. The molecule has 0 atom stereocenters. The van der Waals surface area contributed by atoms with Crippen molar-refractivity contribution in [1.82, 2.24) is 4.98 Å². The molecule has 0 saturated carbocycles. The number of hydrogen-bond acceptors (Lipinski definition) is 5. The van der Waals surface area contributed by atoms with Crippen LogP contribution in [0.5, 0.6) is 5.75 Å². The highest BCUT2D eigenvalue weighted by Gasteiger charge is 2.18. The summed E-state index contributed by atoms with van der Waals surface area (Å²) in [6, 6.07) is 17.2. The number of phenols is 1. The smallest absolute Gasteiger partial charge is 0.339 e. The Morgan fingerprint density at radius 3 is 2.33 bits per heavy atom. The molecule has 24 heavy (non-hydrogen) atoms. The van der Waals surface area contributed by atoms with E-state index in [1.165, 1.54) is 6.07 Å². The van der Waals surface area contributed by atoms with Crippen molar-refractivity contribution in [3.05, 3.63) is 72.4 Å². The molecule has 0 aliphatic heterocycles. The summed E-state index contributed by atoms with van der Waals surface area (Å²) in [4.78, 5) is 15.5. The van der Waals surface area contributed by atoms with Gasteiger partial charge in [0.25, 0.3) is 0 Å². The number of aromatic hydroxyl groups is 1. The van der Waals surface area contributed by atoms with Crippen LogP contribution >= 0.6 is 0 Å². The van der Waals surface area contributed by atoms with Gasteiger partial charge in [0, 0.05) is 11.8 Å². The highest BCUT2D eigenvalue weighted by molar-refractivity contribution is 5.95. The Kier molecular flexibility index (Phi) is 4.29. The van der Waals surface area contributed by atoms with Crippen LogP contribution in [-0.4, -0.2) is 21.2 Å². The number of aromatic nitrogens is 1. The molecule has 6 nitrogen and oxygen atoms in total. The maximum atomic E-state index is 11.2. The second-order valence-electron chi connectivity index (χ2n) is 4.91. The minimum Gasteiger partial charge on any atom is -0.505 e. The van der Waals surface area contributed by atoms with Gasteiger partial charge in [0.15, 0.2) is 5.75 Å². The second-order valence-corrected chi connectivity index (χ2v) is 4.91. The van der Waals surface area contributed by atoms with Crippen LogP contribution in [0.4, 0.5) is 11.4 Å². The number of carbonyl (C=O) groups is 1. The van der Waals surface area contributed by atoms with Gasteiger partial charge in [-0.2, -0.15) is 5.11 Å². The Balaban J connectivity index is 2.15. The molecule has 0 saturated heterocycles. The molecule has 1 heterocycles. The highest BCUT2D eigenvalue weighted by atomic mass is 16.4. The molecule has 0 bridgehead atoms. The molecule has 3 rings (SSSR count). The molecule has 0 amide bonds. The molecule has 0 spiro atoms. The predicted molar refractivity (Wildman–Crippen MR) is 88.9 cm³/mol. The Labute approximate surface area is 137 Å². The number of azo groups is 1. The monoisotopic (exact) mass is 319 g/mol. The molecule has 6 heteroatoms. The summed E-state index contributed by atoms with van der Waals surface area (Å²) < 4.78 is 0. The lowest BCUT2D eigenvalue weighted by atomic mass is 10.0. The molecule has 2 N–H and O–H groups in total. The fourth-order valence-corrected chi connectivity index (χ4v) is 2.18. The lowest BCUT2D eigenvalue weighted by molar-refractivity contribution is 0.0694. The summed E-state index contributed by atoms with van der Waals surface area (Å²) in [5.41, 5.74) is 1.48. The van der Waals surface area contributed by atoms with Gasteiger partial charge in [0.1, 0.15) is 11.3 Å². The Bertz CT molecular complexity index is 894. The lowest BCUT2D eigenvalue weighted by Crippen LogP contribution is -1.97. The van der Waals surface area contributed by atoms with E-state index in [-0.39, 0.29) is 11.3 Å². The van der Waals surface area contributed by atoms with Crippen LogP contribution < -0.4 is 0 Å². The third-order valence-electron chi connectivity index (χ3n) is 3.34. The maximum absolute atomic E-state index is 11.2. The van der Waals surface area contributed by atoms with Gasteiger partial charge < -0.3 is 10.2 Å². The molecular weight excluding hydrogens is 306 g/mol. The molecule has 0 aliphatic rings. The van der Waals surface area contributed by atoms with E-state index < -0.39 is 11.7 Å². The minimum atomic E-state index is -1.24. The van der Waals surface area contributed by atoms with Crippen molar-refractivity contribution >= 4 is 17.3 Å². The van der Waals surface area contributed by atoms with Crippen molar-refractivity contribution in [2.24, 2.45) is 10.2 Å². The molecule has 3 aromatic rings.